The van der Waals surface area contributed by atoms with E-state index in [0.29, 0.717) is 6.04 Å². The molecule has 0 spiro atoms. The number of nitrogens with zero attached hydrogens (tertiary/aromatic N) is 1. The number of likely N-dealkylation sites (N-methyl/N-ethyl adjacent to an activating group) is 1. The van der Waals surface area contributed by atoms with Crippen LogP contribution in [0.15, 0.2) is 42.7 Å². The van der Waals surface area contributed by atoms with Gasteiger partial charge in [-0.05, 0) is 55.1 Å². The topological polar surface area (TPSA) is 24.9 Å². The van der Waals surface area contributed by atoms with E-state index in [1.807, 2.05) is 18.5 Å². The SMILES string of the molecule is CCNC(Cc1ccc(C)c(C)c1)c1cccnc1. The highest BCUT2D eigenvalue weighted by atomic mass is 14.9. The van der Waals surface area contributed by atoms with Crippen molar-refractivity contribution in [2.45, 2.75) is 33.2 Å². The number of aryl methyl sites for hydroxylation is 2. The molecule has 0 saturated carbocycles. The van der Waals surface area contributed by atoms with Crippen LogP contribution in [-0.4, -0.2) is 11.5 Å². The Balaban J connectivity index is 2.19. The lowest BCUT2D eigenvalue weighted by Crippen LogP contribution is -2.23. The van der Waals surface area contributed by atoms with Gasteiger partial charge in [-0.1, -0.05) is 31.2 Å². The van der Waals surface area contributed by atoms with Crippen LogP contribution in [0.1, 0.15) is 35.2 Å². The van der Waals surface area contributed by atoms with Crippen LogP contribution in [0.3, 0.4) is 0 Å². The molecule has 2 aromatic rings. The summed E-state index contributed by atoms with van der Waals surface area (Å²) in [6.45, 7) is 7.43. The summed E-state index contributed by atoms with van der Waals surface area (Å²) in [6.07, 6.45) is 4.78. The molecule has 2 rings (SSSR count). The van der Waals surface area contributed by atoms with Crippen molar-refractivity contribution in [3.8, 4) is 0 Å². The predicted molar refractivity (Wildman–Crippen MR) is 80.3 cm³/mol. The lowest BCUT2D eigenvalue weighted by atomic mass is 9.97. The third kappa shape index (κ3) is 3.65. The molecule has 0 aliphatic rings. The first-order valence-electron chi connectivity index (χ1n) is 6.90. The molecule has 1 aromatic carbocycles. The Labute approximate surface area is 115 Å². The van der Waals surface area contributed by atoms with Crippen LogP contribution >= 0.6 is 0 Å². The van der Waals surface area contributed by atoms with E-state index in [1.54, 1.807) is 0 Å². The number of hydrogen-bond acceptors (Lipinski definition) is 2. The molecule has 1 atom stereocenters. The third-order valence-electron chi connectivity index (χ3n) is 3.55. The number of pyridine rings is 1. The maximum Gasteiger partial charge on any atom is 0.0376 e. The van der Waals surface area contributed by atoms with Gasteiger partial charge in [-0.2, -0.15) is 0 Å². The van der Waals surface area contributed by atoms with Crippen LogP contribution in [0.2, 0.25) is 0 Å². The normalized spacial score (nSPS) is 12.4. The van der Waals surface area contributed by atoms with Crippen LogP contribution in [0.25, 0.3) is 0 Å². The molecule has 1 unspecified atom stereocenters. The van der Waals surface area contributed by atoms with Crippen LogP contribution in [0, 0.1) is 13.8 Å². The number of nitrogens with one attached hydrogen (secondary N) is 1. The quantitative estimate of drug-likeness (QED) is 0.882. The Bertz CT molecular complexity index is 520. The van der Waals surface area contributed by atoms with Gasteiger partial charge in [0, 0.05) is 18.4 Å². The van der Waals surface area contributed by atoms with E-state index in [0.717, 1.165) is 13.0 Å². The van der Waals surface area contributed by atoms with Gasteiger partial charge in [0.15, 0.2) is 0 Å². The van der Waals surface area contributed by atoms with Crippen molar-refractivity contribution in [2.75, 3.05) is 6.54 Å². The minimum atomic E-state index is 0.334. The van der Waals surface area contributed by atoms with Gasteiger partial charge in [0.25, 0.3) is 0 Å². The Hall–Kier alpha value is -1.67. The summed E-state index contributed by atoms with van der Waals surface area (Å²) < 4.78 is 0. The second-order valence-electron chi connectivity index (χ2n) is 5.02. The summed E-state index contributed by atoms with van der Waals surface area (Å²) >= 11 is 0. The Morgan fingerprint density at radius 1 is 1.16 bits per heavy atom. The van der Waals surface area contributed by atoms with E-state index in [1.165, 1.54) is 22.3 Å². The first-order valence-corrected chi connectivity index (χ1v) is 6.90. The summed E-state index contributed by atoms with van der Waals surface area (Å²) in [5.74, 6) is 0. The summed E-state index contributed by atoms with van der Waals surface area (Å²) in [7, 11) is 0. The van der Waals surface area contributed by atoms with Crippen LogP contribution in [-0.2, 0) is 6.42 Å². The summed E-state index contributed by atoms with van der Waals surface area (Å²) in [6, 6.07) is 11.2. The van der Waals surface area contributed by atoms with Gasteiger partial charge in [0.2, 0.25) is 0 Å². The molecule has 100 valence electrons. The van der Waals surface area contributed by atoms with Gasteiger partial charge in [0.05, 0.1) is 0 Å². The van der Waals surface area contributed by atoms with Crippen LogP contribution in [0.5, 0.6) is 0 Å². The molecule has 0 bridgehead atoms. The molecule has 1 heterocycles. The van der Waals surface area contributed by atoms with Gasteiger partial charge >= 0.3 is 0 Å². The molecule has 0 fully saturated rings. The van der Waals surface area contributed by atoms with Crippen molar-refractivity contribution in [1.82, 2.24) is 10.3 Å². The largest absolute Gasteiger partial charge is 0.310 e. The van der Waals surface area contributed by atoms with E-state index in [9.17, 15) is 0 Å². The molecule has 2 heteroatoms. The smallest absolute Gasteiger partial charge is 0.0376 e. The zero-order chi connectivity index (χ0) is 13.7. The molecular formula is C17H22N2. The third-order valence-corrected chi connectivity index (χ3v) is 3.55. The van der Waals surface area contributed by atoms with Crippen molar-refractivity contribution < 1.29 is 0 Å². The predicted octanol–water partition coefficient (Wildman–Crippen LogP) is 3.59. The molecule has 0 aliphatic heterocycles. The second-order valence-corrected chi connectivity index (χ2v) is 5.02. The first-order chi connectivity index (χ1) is 9.20. The summed E-state index contributed by atoms with van der Waals surface area (Å²) in [4.78, 5) is 4.22. The number of hydrogen-bond donors (Lipinski definition) is 1. The van der Waals surface area contributed by atoms with E-state index in [-0.39, 0.29) is 0 Å². The standard InChI is InChI=1S/C17H22N2/c1-4-19-17(16-6-5-9-18-12-16)11-15-8-7-13(2)14(3)10-15/h5-10,12,17,19H,4,11H2,1-3H3. The fourth-order valence-corrected chi connectivity index (χ4v) is 2.30. The average molecular weight is 254 g/mol. The molecule has 1 aromatic heterocycles. The maximum atomic E-state index is 4.22. The molecular weight excluding hydrogens is 232 g/mol. The lowest BCUT2D eigenvalue weighted by molar-refractivity contribution is 0.548. The van der Waals surface area contributed by atoms with Crippen LogP contribution < -0.4 is 5.32 Å². The number of benzene rings is 1. The molecule has 0 saturated heterocycles. The number of rotatable bonds is 5. The van der Waals surface area contributed by atoms with Gasteiger partial charge in [-0.3, -0.25) is 4.98 Å². The first kappa shape index (κ1) is 13.8. The van der Waals surface area contributed by atoms with Crippen molar-refractivity contribution in [1.29, 1.82) is 0 Å². The van der Waals surface area contributed by atoms with E-state index in [2.05, 4.69) is 55.3 Å². The van der Waals surface area contributed by atoms with E-state index >= 15 is 0 Å². The average Bonchev–Trinajstić information content (AvgIpc) is 2.43. The molecule has 2 nitrogen and oxygen atoms in total. The van der Waals surface area contributed by atoms with E-state index < -0.39 is 0 Å². The van der Waals surface area contributed by atoms with E-state index in [4.69, 9.17) is 0 Å². The summed E-state index contributed by atoms with van der Waals surface area (Å²) in [5.41, 5.74) is 5.34. The van der Waals surface area contributed by atoms with Crippen molar-refractivity contribution >= 4 is 0 Å². The van der Waals surface area contributed by atoms with Crippen molar-refractivity contribution in [3.63, 3.8) is 0 Å². The zero-order valence-corrected chi connectivity index (χ0v) is 12.0. The molecule has 0 aliphatic carbocycles. The Morgan fingerprint density at radius 3 is 2.63 bits per heavy atom. The van der Waals surface area contributed by atoms with Gasteiger partial charge in [0.1, 0.15) is 0 Å². The highest BCUT2D eigenvalue weighted by Gasteiger charge is 2.11. The lowest BCUT2D eigenvalue weighted by Gasteiger charge is -2.18. The van der Waals surface area contributed by atoms with Gasteiger partial charge in [-0.15, -0.1) is 0 Å². The highest BCUT2D eigenvalue weighted by molar-refractivity contribution is 5.31. The Morgan fingerprint density at radius 2 is 2.00 bits per heavy atom. The fraction of sp³-hybridized carbons (Fsp3) is 0.353. The second kappa shape index (κ2) is 6.48. The minimum Gasteiger partial charge on any atom is -0.310 e. The highest BCUT2D eigenvalue weighted by Crippen LogP contribution is 2.19. The fourth-order valence-electron chi connectivity index (χ4n) is 2.30. The zero-order valence-electron chi connectivity index (χ0n) is 12.0. The summed E-state index contributed by atoms with van der Waals surface area (Å²) in [5, 5.41) is 3.54. The van der Waals surface area contributed by atoms with Crippen LogP contribution in [0.4, 0.5) is 0 Å². The number of aromatic nitrogens is 1. The molecule has 0 radical (unpaired) electrons. The minimum absolute atomic E-state index is 0.334. The van der Waals surface area contributed by atoms with Gasteiger partial charge in [-0.25, -0.2) is 0 Å². The molecule has 1 N–H and O–H groups in total. The van der Waals surface area contributed by atoms with Gasteiger partial charge < -0.3 is 5.32 Å². The monoisotopic (exact) mass is 254 g/mol. The van der Waals surface area contributed by atoms with Crippen molar-refractivity contribution in [2.24, 2.45) is 0 Å². The maximum absolute atomic E-state index is 4.22. The molecule has 0 amide bonds. The van der Waals surface area contributed by atoms with Crippen molar-refractivity contribution in [3.05, 3.63) is 65.0 Å². The Kier molecular flexibility index (Phi) is 4.69. The molecule has 19 heavy (non-hydrogen) atoms.